The van der Waals surface area contributed by atoms with Gasteiger partial charge in [-0.25, -0.2) is 4.79 Å². The van der Waals surface area contributed by atoms with Crippen molar-refractivity contribution in [3.63, 3.8) is 0 Å². The number of carbonyl (C=O) groups is 2. The minimum Gasteiger partial charge on any atom is -0.477 e. The maximum absolute atomic E-state index is 12.3. The fraction of sp³-hybridized carbons (Fsp3) is 0.250. The molecule has 120 valence electrons. The van der Waals surface area contributed by atoms with E-state index in [0.717, 1.165) is 16.9 Å². The molecule has 0 bridgehead atoms. The summed E-state index contributed by atoms with van der Waals surface area (Å²) >= 11 is 6.85. The lowest BCUT2D eigenvalue weighted by Gasteiger charge is -2.20. The summed E-state index contributed by atoms with van der Waals surface area (Å²) in [6.07, 6.45) is 0.478. The second kappa shape index (κ2) is 6.70. The van der Waals surface area contributed by atoms with Crippen LogP contribution in [0.2, 0.25) is 5.02 Å². The Labute approximate surface area is 141 Å². The standard InChI is InChI=1S/C16H14ClNO4S/c17-10-3-1-9(2-4-10)14-11(7-8-22-14)18-15(19)12-5-6-13(23-12)16(20)21/h1-6,11,14H,7-8H2,(H,18,19)(H,20,21). The van der Waals surface area contributed by atoms with Crippen molar-refractivity contribution in [3.05, 3.63) is 56.7 Å². The number of hydrogen-bond donors (Lipinski definition) is 2. The van der Waals surface area contributed by atoms with Crippen molar-refractivity contribution in [1.29, 1.82) is 0 Å². The number of aromatic carboxylic acids is 1. The first kappa shape index (κ1) is 16.0. The molecule has 1 aromatic carbocycles. The average Bonchev–Trinajstić information content (AvgIpc) is 3.17. The highest BCUT2D eigenvalue weighted by Crippen LogP contribution is 2.30. The minimum absolute atomic E-state index is 0.145. The van der Waals surface area contributed by atoms with E-state index in [2.05, 4.69) is 5.32 Å². The Morgan fingerprint density at radius 3 is 2.52 bits per heavy atom. The molecule has 1 saturated heterocycles. The molecular weight excluding hydrogens is 338 g/mol. The van der Waals surface area contributed by atoms with Crippen molar-refractivity contribution < 1.29 is 19.4 Å². The van der Waals surface area contributed by atoms with E-state index in [9.17, 15) is 9.59 Å². The van der Waals surface area contributed by atoms with E-state index in [1.165, 1.54) is 12.1 Å². The summed E-state index contributed by atoms with van der Waals surface area (Å²) in [7, 11) is 0. The van der Waals surface area contributed by atoms with Crippen molar-refractivity contribution >= 4 is 34.8 Å². The molecule has 2 aromatic rings. The van der Waals surface area contributed by atoms with Gasteiger partial charge in [0.1, 0.15) is 11.0 Å². The smallest absolute Gasteiger partial charge is 0.345 e. The molecule has 2 unspecified atom stereocenters. The van der Waals surface area contributed by atoms with Crippen LogP contribution in [0.3, 0.4) is 0 Å². The first-order valence-electron chi connectivity index (χ1n) is 7.05. The number of thiophene rings is 1. The highest BCUT2D eigenvalue weighted by Gasteiger charge is 2.31. The molecule has 1 amide bonds. The maximum atomic E-state index is 12.3. The number of ether oxygens (including phenoxy) is 1. The number of hydrogen-bond acceptors (Lipinski definition) is 4. The van der Waals surface area contributed by atoms with Gasteiger partial charge in [0.15, 0.2) is 0 Å². The summed E-state index contributed by atoms with van der Waals surface area (Å²) < 4.78 is 5.72. The molecule has 2 N–H and O–H groups in total. The van der Waals surface area contributed by atoms with Crippen molar-refractivity contribution in [2.24, 2.45) is 0 Å². The molecule has 0 saturated carbocycles. The molecule has 0 radical (unpaired) electrons. The molecule has 1 aliphatic rings. The van der Waals surface area contributed by atoms with Gasteiger partial charge in [-0.05, 0) is 36.2 Å². The van der Waals surface area contributed by atoms with E-state index in [-0.39, 0.29) is 22.9 Å². The maximum Gasteiger partial charge on any atom is 0.345 e. The van der Waals surface area contributed by atoms with Crippen LogP contribution in [0, 0.1) is 0 Å². The van der Waals surface area contributed by atoms with Crippen LogP contribution in [0.25, 0.3) is 0 Å². The first-order valence-corrected chi connectivity index (χ1v) is 8.25. The number of carboxylic acid groups (broad SMARTS) is 1. The molecule has 0 spiro atoms. The Morgan fingerprint density at radius 1 is 1.17 bits per heavy atom. The second-order valence-corrected chi connectivity index (χ2v) is 6.70. The third-order valence-electron chi connectivity index (χ3n) is 3.65. The lowest BCUT2D eigenvalue weighted by molar-refractivity contribution is 0.0702. The van der Waals surface area contributed by atoms with Gasteiger partial charge in [-0.2, -0.15) is 0 Å². The van der Waals surface area contributed by atoms with Crippen LogP contribution >= 0.6 is 22.9 Å². The summed E-state index contributed by atoms with van der Waals surface area (Å²) in [5.74, 6) is -1.31. The van der Waals surface area contributed by atoms with Gasteiger partial charge in [-0.15, -0.1) is 11.3 Å². The van der Waals surface area contributed by atoms with Gasteiger partial charge in [0, 0.05) is 11.6 Å². The van der Waals surface area contributed by atoms with E-state index in [4.69, 9.17) is 21.4 Å². The van der Waals surface area contributed by atoms with E-state index in [1.807, 2.05) is 12.1 Å². The van der Waals surface area contributed by atoms with Crippen LogP contribution in [0.1, 0.15) is 37.4 Å². The summed E-state index contributed by atoms with van der Waals surface area (Å²) in [6, 6.07) is 10.1. The monoisotopic (exact) mass is 351 g/mol. The van der Waals surface area contributed by atoms with E-state index >= 15 is 0 Å². The zero-order valence-corrected chi connectivity index (χ0v) is 13.6. The number of amides is 1. The third-order valence-corrected chi connectivity index (χ3v) is 4.97. The van der Waals surface area contributed by atoms with Gasteiger partial charge in [0.05, 0.1) is 10.9 Å². The number of halogens is 1. The molecule has 7 heteroatoms. The Balaban J connectivity index is 1.71. The molecule has 1 aliphatic heterocycles. The molecule has 3 rings (SSSR count). The summed E-state index contributed by atoms with van der Waals surface area (Å²) in [6.45, 7) is 0.559. The molecule has 2 heterocycles. The van der Waals surface area contributed by atoms with Crippen LogP contribution in [0.5, 0.6) is 0 Å². The quantitative estimate of drug-likeness (QED) is 0.885. The molecule has 5 nitrogen and oxygen atoms in total. The number of nitrogens with one attached hydrogen (secondary N) is 1. The van der Waals surface area contributed by atoms with E-state index in [0.29, 0.717) is 22.9 Å². The van der Waals surface area contributed by atoms with Gasteiger partial charge in [-0.1, -0.05) is 23.7 Å². The topological polar surface area (TPSA) is 75.6 Å². The fourth-order valence-corrected chi connectivity index (χ4v) is 3.41. The van der Waals surface area contributed by atoms with Gasteiger partial charge in [-0.3, -0.25) is 4.79 Å². The van der Waals surface area contributed by atoms with Crippen molar-refractivity contribution in [2.45, 2.75) is 18.6 Å². The summed E-state index contributed by atoms with van der Waals surface area (Å²) in [5.41, 5.74) is 0.953. The Kier molecular flexibility index (Phi) is 4.66. The normalized spacial score (nSPS) is 20.4. The summed E-state index contributed by atoms with van der Waals surface area (Å²) in [4.78, 5) is 23.7. The largest absolute Gasteiger partial charge is 0.477 e. The highest BCUT2D eigenvalue weighted by molar-refractivity contribution is 7.15. The number of carboxylic acids is 1. The van der Waals surface area contributed by atoms with Crippen LogP contribution in [0.4, 0.5) is 0 Å². The zero-order chi connectivity index (χ0) is 16.4. The molecule has 0 aliphatic carbocycles. The molecule has 1 fully saturated rings. The lowest BCUT2D eigenvalue weighted by atomic mass is 10.0. The van der Waals surface area contributed by atoms with Gasteiger partial charge in [0.25, 0.3) is 5.91 Å². The first-order chi connectivity index (χ1) is 11.0. The van der Waals surface area contributed by atoms with Gasteiger partial charge >= 0.3 is 5.97 Å². The number of benzene rings is 1. The molecule has 2 atom stereocenters. The molecular formula is C16H14ClNO4S. The fourth-order valence-electron chi connectivity index (χ4n) is 2.53. The summed E-state index contributed by atoms with van der Waals surface area (Å²) in [5, 5.41) is 12.5. The van der Waals surface area contributed by atoms with E-state index < -0.39 is 5.97 Å². The van der Waals surface area contributed by atoms with Gasteiger partial charge in [0.2, 0.25) is 0 Å². The number of carbonyl (C=O) groups excluding carboxylic acids is 1. The average molecular weight is 352 g/mol. The van der Waals surface area contributed by atoms with Crippen LogP contribution in [-0.2, 0) is 4.74 Å². The highest BCUT2D eigenvalue weighted by atomic mass is 35.5. The Hall–Kier alpha value is -1.89. The predicted molar refractivity (Wildman–Crippen MR) is 87.3 cm³/mol. The second-order valence-electron chi connectivity index (χ2n) is 5.18. The number of rotatable bonds is 4. The SMILES string of the molecule is O=C(O)c1ccc(C(=O)NC2CCOC2c2ccc(Cl)cc2)s1. The minimum atomic E-state index is -1.03. The lowest BCUT2D eigenvalue weighted by Crippen LogP contribution is -2.36. The molecule has 1 aromatic heterocycles. The zero-order valence-electron chi connectivity index (χ0n) is 12.0. The van der Waals surface area contributed by atoms with E-state index in [1.54, 1.807) is 12.1 Å². The van der Waals surface area contributed by atoms with Crippen LogP contribution in [0.15, 0.2) is 36.4 Å². The Morgan fingerprint density at radius 2 is 1.87 bits per heavy atom. The molecule has 23 heavy (non-hydrogen) atoms. The van der Waals surface area contributed by atoms with Crippen molar-refractivity contribution in [1.82, 2.24) is 5.32 Å². The van der Waals surface area contributed by atoms with Crippen LogP contribution < -0.4 is 5.32 Å². The van der Waals surface area contributed by atoms with Crippen LogP contribution in [-0.4, -0.2) is 29.6 Å². The van der Waals surface area contributed by atoms with Crippen molar-refractivity contribution in [3.8, 4) is 0 Å². The third kappa shape index (κ3) is 3.55. The Bertz CT molecular complexity index is 728. The van der Waals surface area contributed by atoms with Crippen molar-refractivity contribution in [2.75, 3.05) is 6.61 Å². The van der Waals surface area contributed by atoms with Gasteiger partial charge < -0.3 is 15.2 Å². The predicted octanol–water partition coefficient (Wildman–Crippen LogP) is 3.36.